The van der Waals surface area contributed by atoms with Gasteiger partial charge in [-0.2, -0.15) is 9.98 Å². The quantitative estimate of drug-likeness (QED) is 0.612. The van der Waals surface area contributed by atoms with E-state index in [-0.39, 0.29) is 7.43 Å². The summed E-state index contributed by atoms with van der Waals surface area (Å²) in [5.41, 5.74) is 5.25. The van der Waals surface area contributed by atoms with Crippen LogP contribution in [-0.2, 0) is 9.59 Å². The number of aliphatic imine (C=N–C) groups is 2. The van der Waals surface area contributed by atoms with Gasteiger partial charge in [-0.1, -0.05) is 25.6 Å². The van der Waals surface area contributed by atoms with Gasteiger partial charge in [0, 0.05) is 0 Å². The van der Waals surface area contributed by atoms with Gasteiger partial charge in [0.15, 0.2) is 0 Å². The highest BCUT2D eigenvalue weighted by atomic mass is 16.1. The minimum absolute atomic E-state index is 0. The maximum absolute atomic E-state index is 10.4. The van der Waals surface area contributed by atoms with E-state index < -0.39 is 0 Å². The van der Waals surface area contributed by atoms with Crippen LogP contribution < -0.4 is 0 Å². The molecular weight excluding hydrogens is 264 g/mol. The third-order valence-electron chi connectivity index (χ3n) is 3.28. The molecule has 0 fully saturated rings. The molecule has 0 aliphatic carbocycles. The van der Waals surface area contributed by atoms with Gasteiger partial charge in [-0.15, -0.1) is 0 Å². The molecule has 0 saturated carbocycles. The second kappa shape index (κ2) is 7.11. The molecule has 0 amide bonds. The minimum Gasteiger partial charge on any atom is -0.211 e. The van der Waals surface area contributed by atoms with Gasteiger partial charge in [-0.25, -0.2) is 9.59 Å². The molecule has 2 rings (SSSR count). The standard InChI is InChI=1S/C16H12N2O2.CH4/c1-11-12(2)16(18-10-20)8-7-15(11)13-3-5-14(6-4-13)17-9-19;/h3-8H,1-2H3;1H4. The molecule has 0 spiro atoms. The SMILES string of the molecule is C.Cc1c(N=C=O)ccc(-c2ccc(N=C=O)cc2)c1C. The van der Waals surface area contributed by atoms with E-state index in [0.29, 0.717) is 11.4 Å². The average molecular weight is 280 g/mol. The Morgan fingerprint density at radius 1 is 0.810 bits per heavy atom. The summed E-state index contributed by atoms with van der Waals surface area (Å²) in [6, 6.07) is 11.0. The summed E-state index contributed by atoms with van der Waals surface area (Å²) < 4.78 is 0. The van der Waals surface area contributed by atoms with E-state index in [4.69, 9.17) is 0 Å². The predicted octanol–water partition coefficient (Wildman–Crippen LogP) is 4.54. The Kier molecular flexibility index (Phi) is 5.50. The first-order chi connectivity index (χ1) is 9.67. The third-order valence-corrected chi connectivity index (χ3v) is 3.28. The Hall–Kier alpha value is -2.80. The van der Waals surface area contributed by atoms with Crippen molar-refractivity contribution in [2.45, 2.75) is 21.3 Å². The van der Waals surface area contributed by atoms with Crippen molar-refractivity contribution in [2.75, 3.05) is 0 Å². The van der Waals surface area contributed by atoms with Crippen molar-refractivity contribution in [2.24, 2.45) is 9.98 Å². The molecule has 0 bridgehead atoms. The summed E-state index contributed by atoms with van der Waals surface area (Å²) in [6.45, 7) is 3.89. The summed E-state index contributed by atoms with van der Waals surface area (Å²) in [6.07, 6.45) is 3.07. The fraction of sp³-hybridized carbons (Fsp3) is 0.176. The smallest absolute Gasteiger partial charge is 0.211 e. The fourth-order valence-corrected chi connectivity index (χ4v) is 2.06. The highest BCUT2D eigenvalue weighted by Gasteiger charge is 2.07. The van der Waals surface area contributed by atoms with Crippen molar-refractivity contribution < 1.29 is 9.59 Å². The van der Waals surface area contributed by atoms with E-state index in [0.717, 1.165) is 22.3 Å². The first-order valence-electron chi connectivity index (χ1n) is 6.03. The molecule has 0 aliphatic rings. The van der Waals surface area contributed by atoms with Crippen LogP contribution in [0.5, 0.6) is 0 Å². The maximum atomic E-state index is 10.4. The van der Waals surface area contributed by atoms with Crippen molar-refractivity contribution in [1.29, 1.82) is 0 Å². The van der Waals surface area contributed by atoms with Gasteiger partial charge in [0.05, 0.1) is 11.4 Å². The van der Waals surface area contributed by atoms with Crippen molar-refractivity contribution >= 4 is 23.5 Å². The molecule has 2 aromatic carbocycles. The molecule has 0 unspecified atom stereocenters. The van der Waals surface area contributed by atoms with Crippen LogP contribution in [0.25, 0.3) is 11.1 Å². The van der Waals surface area contributed by atoms with E-state index in [2.05, 4.69) is 9.98 Å². The number of hydrogen-bond donors (Lipinski definition) is 0. The van der Waals surface area contributed by atoms with Crippen molar-refractivity contribution in [3.05, 3.63) is 47.5 Å². The van der Waals surface area contributed by atoms with Crippen LogP contribution in [0.15, 0.2) is 46.4 Å². The Morgan fingerprint density at radius 2 is 1.43 bits per heavy atom. The summed E-state index contributed by atoms with van der Waals surface area (Å²) >= 11 is 0. The molecule has 4 nitrogen and oxygen atoms in total. The fourth-order valence-electron chi connectivity index (χ4n) is 2.06. The lowest BCUT2D eigenvalue weighted by atomic mass is 9.96. The van der Waals surface area contributed by atoms with Crippen molar-refractivity contribution in [1.82, 2.24) is 0 Å². The molecule has 106 valence electrons. The first-order valence-corrected chi connectivity index (χ1v) is 6.03. The average Bonchev–Trinajstić information content (AvgIpc) is 2.46. The zero-order valence-corrected chi connectivity index (χ0v) is 11.2. The Morgan fingerprint density at radius 3 is 2.00 bits per heavy atom. The third kappa shape index (κ3) is 3.40. The molecule has 0 radical (unpaired) electrons. The molecule has 2 aromatic rings. The number of benzene rings is 2. The van der Waals surface area contributed by atoms with Crippen LogP contribution in [0.4, 0.5) is 11.4 Å². The topological polar surface area (TPSA) is 58.9 Å². The van der Waals surface area contributed by atoms with E-state index in [1.54, 1.807) is 24.3 Å². The Bertz CT molecular complexity index is 736. The number of carbonyl (C=O) groups excluding carboxylic acids is 2. The molecule has 0 aromatic heterocycles. The summed E-state index contributed by atoms with van der Waals surface area (Å²) in [5, 5.41) is 0. The first kappa shape index (κ1) is 16.3. The molecule has 4 heteroatoms. The molecule has 0 saturated heterocycles. The molecular formula is C17H16N2O2. The van der Waals surface area contributed by atoms with E-state index in [1.165, 1.54) is 6.08 Å². The van der Waals surface area contributed by atoms with Crippen molar-refractivity contribution in [3.63, 3.8) is 0 Å². The monoisotopic (exact) mass is 280 g/mol. The molecule has 0 atom stereocenters. The zero-order chi connectivity index (χ0) is 14.5. The van der Waals surface area contributed by atoms with E-state index in [9.17, 15) is 9.59 Å². The lowest BCUT2D eigenvalue weighted by molar-refractivity contribution is 0.564. The summed E-state index contributed by atoms with van der Waals surface area (Å²) in [7, 11) is 0. The zero-order valence-electron chi connectivity index (χ0n) is 11.2. The highest BCUT2D eigenvalue weighted by Crippen LogP contribution is 2.31. The van der Waals surface area contributed by atoms with E-state index in [1.807, 2.05) is 32.0 Å². The normalized spacial score (nSPS) is 9.05. The van der Waals surface area contributed by atoms with Crippen LogP contribution in [0.3, 0.4) is 0 Å². The van der Waals surface area contributed by atoms with Crippen LogP contribution in [-0.4, -0.2) is 12.2 Å². The molecule has 21 heavy (non-hydrogen) atoms. The van der Waals surface area contributed by atoms with Gasteiger partial charge in [-0.05, 0) is 54.3 Å². The maximum Gasteiger partial charge on any atom is 0.240 e. The van der Waals surface area contributed by atoms with Gasteiger partial charge in [0.1, 0.15) is 0 Å². The number of rotatable bonds is 3. The predicted molar refractivity (Wildman–Crippen MR) is 83.6 cm³/mol. The van der Waals surface area contributed by atoms with Gasteiger partial charge in [0.25, 0.3) is 0 Å². The summed E-state index contributed by atoms with van der Waals surface area (Å²) in [5.74, 6) is 0. The number of nitrogens with zero attached hydrogens (tertiary/aromatic N) is 2. The molecule has 0 heterocycles. The van der Waals surface area contributed by atoms with Crippen LogP contribution in [0, 0.1) is 13.8 Å². The largest absolute Gasteiger partial charge is 0.240 e. The second-order valence-corrected chi connectivity index (χ2v) is 4.34. The lowest BCUT2D eigenvalue weighted by Crippen LogP contribution is -1.88. The van der Waals surface area contributed by atoms with Crippen molar-refractivity contribution in [3.8, 4) is 11.1 Å². The van der Waals surface area contributed by atoms with Gasteiger partial charge in [-0.3, -0.25) is 0 Å². The second-order valence-electron chi connectivity index (χ2n) is 4.34. The Labute approximate surface area is 123 Å². The number of hydrogen-bond acceptors (Lipinski definition) is 4. The van der Waals surface area contributed by atoms with Gasteiger partial charge in [0.2, 0.25) is 12.2 Å². The van der Waals surface area contributed by atoms with E-state index >= 15 is 0 Å². The summed E-state index contributed by atoms with van der Waals surface area (Å²) in [4.78, 5) is 27.8. The lowest BCUT2D eigenvalue weighted by Gasteiger charge is -2.10. The van der Waals surface area contributed by atoms with Crippen LogP contribution in [0.2, 0.25) is 0 Å². The van der Waals surface area contributed by atoms with Crippen LogP contribution in [0.1, 0.15) is 18.6 Å². The minimum atomic E-state index is 0. The number of isocyanates is 2. The Balaban J connectivity index is 0.00000220. The van der Waals surface area contributed by atoms with Gasteiger partial charge < -0.3 is 0 Å². The molecule has 0 aliphatic heterocycles. The van der Waals surface area contributed by atoms with Gasteiger partial charge >= 0.3 is 0 Å². The molecule has 0 N–H and O–H groups in total. The highest BCUT2D eigenvalue weighted by molar-refractivity contribution is 5.73. The van der Waals surface area contributed by atoms with Crippen LogP contribution >= 0.6 is 0 Å².